The van der Waals surface area contributed by atoms with Gasteiger partial charge in [0.2, 0.25) is 0 Å². The Bertz CT molecular complexity index is 794. The molecular formula is C20H28N6O. The first-order valence-corrected chi connectivity index (χ1v) is 10.2. The zero-order valence-corrected chi connectivity index (χ0v) is 16.0. The van der Waals surface area contributed by atoms with Crippen LogP contribution in [0.15, 0.2) is 18.6 Å². The zero-order chi connectivity index (χ0) is 18.2. The number of aryl methyl sites for hydroxylation is 1. The van der Waals surface area contributed by atoms with E-state index >= 15 is 0 Å². The van der Waals surface area contributed by atoms with E-state index in [2.05, 4.69) is 42.5 Å². The monoisotopic (exact) mass is 368 g/mol. The predicted molar refractivity (Wildman–Crippen MR) is 102 cm³/mol. The van der Waals surface area contributed by atoms with Crippen molar-refractivity contribution in [3.05, 3.63) is 35.5 Å². The van der Waals surface area contributed by atoms with Crippen molar-refractivity contribution in [1.82, 2.24) is 24.6 Å². The Morgan fingerprint density at radius 3 is 2.70 bits per heavy atom. The fraction of sp³-hybridized carbons (Fsp3) is 0.650. The van der Waals surface area contributed by atoms with Crippen molar-refractivity contribution >= 4 is 5.82 Å². The quantitative estimate of drug-likeness (QED) is 0.806. The average molecular weight is 368 g/mol. The zero-order valence-electron chi connectivity index (χ0n) is 16.0. The highest BCUT2D eigenvalue weighted by Crippen LogP contribution is 2.35. The third-order valence-corrected chi connectivity index (χ3v) is 6.06. The van der Waals surface area contributed by atoms with Gasteiger partial charge in [-0.3, -0.25) is 9.58 Å². The molecule has 0 radical (unpaired) electrons. The molecule has 5 rings (SSSR count). The average Bonchev–Trinajstić information content (AvgIpc) is 3.44. The van der Waals surface area contributed by atoms with Crippen molar-refractivity contribution in [2.45, 2.75) is 64.4 Å². The van der Waals surface area contributed by atoms with Crippen LogP contribution in [0.1, 0.15) is 42.6 Å². The highest BCUT2D eigenvalue weighted by Gasteiger charge is 2.36. The Kier molecular flexibility index (Phi) is 4.57. The van der Waals surface area contributed by atoms with Crippen LogP contribution in [-0.4, -0.2) is 56.4 Å². The van der Waals surface area contributed by atoms with Crippen molar-refractivity contribution in [3.8, 4) is 0 Å². The van der Waals surface area contributed by atoms with Crippen LogP contribution in [0.2, 0.25) is 0 Å². The molecule has 1 saturated carbocycles. The van der Waals surface area contributed by atoms with Gasteiger partial charge in [-0.25, -0.2) is 9.97 Å². The fourth-order valence-corrected chi connectivity index (χ4v) is 4.46. The van der Waals surface area contributed by atoms with E-state index < -0.39 is 0 Å². The molecular weight excluding hydrogens is 340 g/mol. The van der Waals surface area contributed by atoms with Crippen molar-refractivity contribution in [3.63, 3.8) is 0 Å². The fourth-order valence-electron chi connectivity index (χ4n) is 4.46. The summed E-state index contributed by atoms with van der Waals surface area (Å²) in [6.45, 7) is 7.66. The molecule has 0 spiro atoms. The van der Waals surface area contributed by atoms with Gasteiger partial charge < -0.3 is 9.64 Å². The molecule has 0 bridgehead atoms. The molecule has 0 amide bonds. The lowest BCUT2D eigenvalue weighted by molar-refractivity contribution is 0.0784. The van der Waals surface area contributed by atoms with E-state index in [1.807, 2.05) is 6.20 Å². The van der Waals surface area contributed by atoms with Gasteiger partial charge in [0, 0.05) is 49.0 Å². The molecule has 144 valence electrons. The predicted octanol–water partition coefficient (Wildman–Crippen LogP) is 2.15. The third-order valence-electron chi connectivity index (χ3n) is 6.06. The lowest BCUT2D eigenvalue weighted by atomic mass is 10.0. The van der Waals surface area contributed by atoms with Crippen LogP contribution in [0.5, 0.6) is 0 Å². The smallest absolute Gasteiger partial charge is 0.132 e. The minimum Gasteiger partial charge on any atom is -0.373 e. The SMILES string of the molecule is Cc1cc(N(C2CC2)C2CCN(Cc3cnn4c3COCC4)CC2)ncn1. The van der Waals surface area contributed by atoms with Crippen molar-refractivity contribution in [2.24, 2.45) is 0 Å². The number of nitrogens with zero attached hydrogens (tertiary/aromatic N) is 6. The van der Waals surface area contributed by atoms with Crippen LogP contribution in [0.4, 0.5) is 5.82 Å². The van der Waals surface area contributed by atoms with E-state index in [4.69, 9.17) is 4.74 Å². The summed E-state index contributed by atoms with van der Waals surface area (Å²) in [4.78, 5) is 14.0. The van der Waals surface area contributed by atoms with E-state index in [1.54, 1.807) is 6.33 Å². The number of hydrogen-bond donors (Lipinski definition) is 0. The number of rotatable bonds is 5. The topological polar surface area (TPSA) is 59.3 Å². The van der Waals surface area contributed by atoms with Crippen LogP contribution < -0.4 is 4.90 Å². The van der Waals surface area contributed by atoms with E-state index in [1.165, 1.54) is 36.9 Å². The van der Waals surface area contributed by atoms with Crippen molar-refractivity contribution in [1.29, 1.82) is 0 Å². The van der Waals surface area contributed by atoms with Gasteiger partial charge in [-0.2, -0.15) is 5.10 Å². The second-order valence-electron chi connectivity index (χ2n) is 8.06. The number of anilines is 1. The lowest BCUT2D eigenvalue weighted by Gasteiger charge is -2.39. The summed E-state index contributed by atoms with van der Waals surface area (Å²) < 4.78 is 7.74. The number of likely N-dealkylation sites (tertiary alicyclic amines) is 1. The van der Waals surface area contributed by atoms with E-state index in [-0.39, 0.29) is 0 Å². The number of aromatic nitrogens is 4. The summed E-state index contributed by atoms with van der Waals surface area (Å²) in [6.07, 6.45) is 8.73. The van der Waals surface area contributed by atoms with Gasteiger partial charge in [0.1, 0.15) is 12.1 Å². The summed E-state index contributed by atoms with van der Waals surface area (Å²) >= 11 is 0. The van der Waals surface area contributed by atoms with Gasteiger partial charge in [-0.05, 0) is 32.6 Å². The van der Waals surface area contributed by atoms with Crippen molar-refractivity contribution < 1.29 is 4.74 Å². The minimum absolute atomic E-state index is 0.590. The summed E-state index contributed by atoms with van der Waals surface area (Å²) in [5.41, 5.74) is 3.65. The summed E-state index contributed by atoms with van der Waals surface area (Å²) in [5.74, 6) is 1.12. The highest BCUT2D eigenvalue weighted by molar-refractivity contribution is 5.43. The summed E-state index contributed by atoms with van der Waals surface area (Å²) in [7, 11) is 0. The molecule has 2 fully saturated rings. The Morgan fingerprint density at radius 2 is 1.93 bits per heavy atom. The third kappa shape index (κ3) is 3.58. The van der Waals surface area contributed by atoms with Crippen LogP contribution in [0.3, 0.4) is 0 Å². The maximum atomic E-state index is 5.63. The first kappa shape index (κ1) is 17.1. The van der Waals surface area contributed by atoms with Crippen LogP contribution in [0.25, 0.3) is 0 Å². The van der Waals surface area contributed by atoms with E-state index in [0.717, 1.165) is 44.3 Å². The van der Waals surface area contributed by atoms with Crippen LogP contribution in [-0.2, 0) is 24.4 Å². The van der Waals surface area contributed by atoms with Gasteiger partial charge in [0.05, 0.1) is 31.6 Å². The normalized spacial score (nSPS) is 21.2. The number of fused-ring (bicyclic) bond motifs is 1. The number of hydrogen-bond acceptors (Lipinski definition) is 6. The van der Waals surface area contributed by atoms with E-state index in [9.17, 15) is 0 Å². The molecule has 3 aliphatic rings. The molecule has 1 aliphatic carbocycles. The molecule has 7 nitrogen and oxygen atoms in total. The molecule has 7 heteroatoms. The molecule has 4 heterocycles. The largest absolute Gasteiger partial charge is 0.373 e. The van der Waals surface area contributed by atoms with Gasteiger partial charge in [0.25, 0.3) is 0 Å². The summed E-state index contributed by atoms with van der Waals surface area (Å²) in [5, 5.41) is 4.53. The lowest BCUT2D eigenvalue weighted by Crippen LogP contribution is -2.46. The molecule has 2 aromatic rings. The molecule has 0 N–H and O–H groups in total. The maximum absolute atomic E-state index is 5.63. The molecule has 27 heavy (non-hydrogen) atoms. The second kappa shape index (κ2) is 7.20. The standard InChI is InChI=1S/C20H28N6O/c1-15-10-20(22-14-21-15)26(17-2-3-17)18-4-6-24(7-5-18)12-16-11-23-25-8-9-27-13-19(16)25/h10-11,14,17-18H,2-9,12-13H2,1H3. The molecule has 0 aromatic carbocycles. The number of ether oxygens (including phenoxy) is 1. The minimum atomic E-state index is 0.590. The van der Waals surface area contributed by atoms with Crippen LogP contribution in [0, 0.1) is 6.92 Å². The van der Waals surface area contributed by atoms with Crippen molar-refractivity contribution in [2.75, 3.05) is 24.6 Å². The Labute approximate surface area is 160 Å². The first-order chi connectivity index (χ1) is 13.3. The summed E-state index contributed by atoms with van der Waals surface area (Å²) in [6, 6.07) is 3.41. The van der Waals surface area contributed by atoms with Gasteiger partial charge in [-0.15, -0.1) is 0 Å². The molecule has 0 atom stereocenters. The Hall–Kier alpha value is -1.99. The second-order valence-corrected chi connectivity index (χ2v) is 8.06. The molecule has 2 aromatic heterocycles. The Balaban J connectivity index is 1.24. The highest BCUT2D eigenvalue weighted by atomic mass is 16.5. The molecule has 2 aliphatic heterocycles. The van der Waals surface area contributed by atoms with Crippen LogP contribution >= 0.6 is 0 Å². The van der Waals surface area contributed by atoms with Gasteiger partial charge in [-0.1, -0.05) is 0 Å². The van der Waals surface area contributed by atoms with E-state index in [0.29, 0.717) is 18.7 Å². The molecule has 0 unspecified atom stereocenters. The maximum Gasteiger partial charge on any atom is 0.132 e. The first-order valence-electron chi connectivity index (χ1n) is 10.2. The van der Waals surface area contributed by atoms with Gasteiger partial charge >= 0.3 is 0 Å². The number of piperidine rings is 1. The van der Waals surface area contributed by atoms with Gasteiger partial charge in [0.15, 0.2) is 0 Å². The Morgan fingerprint density at radius 1 is 1.11 bits per heavy atom. The molecule has 1 saturated heterocycles.